The van der Waals surface area contributed by atoms with Crippen molar-refractivity contribution < 1.29 is 19.5 Å². The Morgan fingerprint density at radius 2 is 1.52 bits per heavy atom. The van der Waals surface area contributed by atoms with Gasteiger partial charge in [0, 0.05) is 6.54 Å². The number of nitrogens with zero attached hydrogens (tertiary/aromatic N) is 1. The summed E-state index contributed by atoms with van der Waals surface area (Å²) in [4.78, 5) is 35.8. The van der Waals surface area contributed by atoms with Gasteiger partial charge in [0.05, 0.1) is 11.1 Å². The summed E-state index contributed by atoms with van der Waals surface area (Å²) in [6.45, 7) is 0.447. The molecule has 6 heteroatoms. The summed E-state index contributed by atoms with van der Waals surface area (Å²) in [6, 6.07) is 6.91. The van der Waals surface area contributed by atoms with Crippen molar-refractivity contribution in [3.05, 3.63) is 35.4 Å². The number of carbonyl (C=O) groups excluding carboxylic acids is 2. The molecule has 2 rings (SSSR count). The van der Waals surface area contributed by atoms with Gasteiger partial charge in [-0.1, -0.05) is 53.7 Å². The van der Waals surface area contributed by atoms with E-state index in [4.69, 9.17) is 5.11 Å². The van der Waals surface area contributed by atoms with E-state index in [0.717, 1.165) is 32.1 Å². The van der Waals surface area contributed by atoms with E-state index in [0.29, 0.717) is 24.1 Å². The maximum atomic E-state index is 12.2. The minimum Gasteiger partial charge on any atom is -0.480 e. The highest BCUT2D eigenvalue weighted by molar-refractivity contribution is 9.10. The van der Waals surface area contributed by atoms with Crippen LogP contribution < -0.4 is 0 Å². The van der Waals surface area contributed by atoms with E-state index < -0.39 is 10.8 Å². The number of carbonyl (C=O) groups is 3. The van der Waals surface area contributed by atoms with E-state index in [1.807, 2.05) is 0 Å². The van der Waals surface area contributed by atoms with Crippen molar-refractivity contribution in [1.82, 2.24) is 4.90 Å². The normalized spacial score (nSPS) is 14.9. The predicted octanol–water partition coefficient (Wildman–Crippen LogP) is 3.47. The third kappa shape index (κ3) is 4.41. The van der Waals surface area contributed by atoms with Crippen molar-refractivity contribution in [3.63, 3.8) is 0 Å². The van der Waals surface area contributed by atoms with Gasteiger partial charge in [-0.3, -0.25) is 19.3 Å². The van der Waals surface area contributed by atoms with E-state index in [-0.39, 0.29) is 11.8 Å². The Labute approximate surface area is 143 Å². The number of amides is 2. The molecule has 1 N–H and O–H groups in total. The molecule has 0 fully saturated rings. The van der Waals surface area contributed by atoms with Crippen LogP contribution >= 0.6 is 15.9 Å². The Morgan fingerprint density at radius 1 is 1.00 bits per heavy atom. The van der Waals surface area contributed by atoms with Crippen LogP contribution in [0.4, 0.5) is 0 Å². The summed E-state index contributed by atoms with van der Waals surface area (Å²) >= 11 is 3.12. The van der Waals surface area contributed by atoms with Gasteiger partial charge in [0.2, 0.25) is 0 Å². The summed E-state index contributed by atoms with van der Waals surface area (Å²) in [5.74, 6) is -1.22. The van der Waals surface area contributed by atoms with Crippen LogP contribution in [0.15, 0.2) is 24.3 Å². The molecule has 1 aromatic carbocycles. The summed E-state index contributed by atoms with van der Waals surface area (Å²) in [5.41, 5.74) is 0.990. The number of imide groups is 1. The number of hydrogen-bond donors (Lipinski definition) is 1. The molecule has 0 radical (unpaired) electrons. The lowest BCUT2D eigenvalue weighted by molar-refractivity contribution is -0.136. The van der Waals surface area contributed by atoms with E-state index in [9.17, 15) is 14.4 Å². The first-order valence-corrected chi connectivity index (χ1v) is 8.76. The molecule has 0 aromatic heterocycles. The molecule has 1 atom stereocenters. The average molecular weight is 382 g/mol. The minimum atomic E-state index is -0.823. The molecule has 1 heterocycles. The zero-order chi connectivity index (χ0) is 16.8. The molecule has 1 aromatic rings. The third-order valence-corrected chi connectivity index (χ3v) is 4.83. The number of rotatable bonds is 9. The molecule has 1 aliphatic heterocycles. The third-order valence-electron chi connectivity index (χ3n) is 3.99. The van der Waals surface area contributed by atoms with Crippen molar-refractivity contribution in [2.24, 2.45) is 0 Å². The van der Waals surface area contributed by atoms with E-state index >= 15 is 0 Å². The van der Waals surface area contributed by atoms with Crippen molar-refractivity contribution in [1.29, 1.82) is 0 Å². The number of unbranched alkanes of at least 4 members (excludes halogenated alkanes) is 4. The number of carboxylic acid groups (broad SMARTS) is 1. The number of hydrogen-bond acceptors (Lipinski definition) is 3. The highest BCUT2D eigenvalue weighted by Crippen LogP contribution is 2.23. The average Bonchev–Trinajstić information content (AvgIpc) is 2.78. The fraction of sp³-hybridized carbons (Fsp3) is 0.471. The van der Waals surface area contributed by atoms with Crippen LogP contribution in [0.5, 0.6) is 0 Å². The number of alkyl halides is 1. The summed E-state index contributed by atoms with van der Waals surface area (Å²) in [5, 5.41) is 8.75. The fourth-order valence-corrected chi connectivity index (χ4v) is 3.01. The fourth-order valence-electron chi connectivity index (χ4n) is 2.69. The topological polar surface area (TPSA) is 74.7 Å². The maximum Gasteiger partial charge on any atom is 0.317 e. The van der Waals surface area contributed by atoms with Crippen molar-refractivity contribution >= 4 is 33.7 Å². The van der Waals surface area contributed by atoms with Crippen molar-refractivity contribution in [3.8, 4) is 0 Å². The zero-order valence-corrected chi connectivity index (χ0v) is 14.4. The number of halogens is 1. The van der Waals surface area contributed by atoms with Gasteiger partial charge < -0.3 is 5.11 Å². The second-order valence-corrected chi connectivity index (χ2v) is 6.78. The van der Waals surface area contributed by atoms with Gasteiger partial charge in [-0.05, 0) is 25.0 Å². The molecule has 0 bridgehead atoms. The van der Waals surface area contributed by atoms with Gasteiger partial charge in [0.25, 0.3) is 11.8 Å². The van der Waals surface area contributed by atoms with Crippen molar-refractivity contribution in [2.45, 2.75) is 43.4 Å². The molecule has 0 saturated carbocycles. The van der Waals surface area contributed by atoms with Crippen LogP contribution in [0, 0.1) is 0 Å². The molecule has 2 amide bonds. The Balaban J connectivity index is 1.65. The standard InChI is InChI=1S/C17H20BrNO4/c18-14(17(22)23)10-4-2-1-3-7-11-19-15(20)12-8-5-6-9-13(12)16(19)21/h5-6,8-9,14H,1-4,7,10-11H2,(H,22,23). The Bertz CT molecular complexity index is 567. The molecule has 0 aliphatic carbocycles. The predicted molar refractivity (Wildman–Crippen MR) is 89.9 cm³/mol. The van der Waals surface area contributed by atoms with E-state index in [2.05, 4.69) is 15.9 Å². The SMILES string of the molecule is O=C(O)C(Br)CCCCCCCN1C(=O)c2ccccc2C1=O. The summed E-state index contributed by atoms with van der Waals surface area (Å²) in [7, 11) is 0. The lowest BCUT2D eigenvalue weighted by atomic mass is 10.1. The number of carboxylic acids is 1. The summed E-state index contributed by atoms with van der Waals surface area (Å²) < 4.78 is 0. The van der Waals surface area contributed by atoms with E-state index in [1.54, 1.807) is 24.3 Å². The minimum absolute atomic E-state index is 0.200. The molecule has 0 spiro atoms. The second kappa shape index (κ2) is 8.24. The Kier molecular flexibility index (Phi) is 6.33. The number of fused-ring (bicyclic) bond motifs is 1. The van der Waals surface area contributed by atoms with Crippen LogP contribution in [0.1, 0.15) is 59.2 Å². The second-order valence-electron chi connectivity index (χ2n) is 5.67. The van der Waals surface area contributed by atoms with Crippen LogP contribution in [-0.4, -0.2) is 39.2 Å². The highest BCUT2D eigenvalue weighted by atomic mass is 79.9. The highest BCUT2D eigenvalue weighted by Gasteiger charge is 2.34. The summed E-state index contributed by atoms with van der Waals surface area (Å²) in [6.07, 6.45) is 5.11. The quantitative estimate of drug-likeness (QED) is 0.403. The lowest BCUT2D eigenvalue weighted by Gasteiger charge is -2.13. The Morgan fingerprint density at radius 3 is 2.09 bits per heavy atom. The number of benzene rings is 1. The smallest absolute Gasteiger partial charge is 0.317 e. The van der Waals surface area contributed by atoms with Gasteiger partial charge in [-0.2, -0.15) is 0 Å². The first-order chi connectivity index (χ1) is 11.0. The van der Waals surface area contributed by atoms with Gasteiger partial charge in [-0.25, -0.2) is 0 Å². The molecular formula is C17H20BrNO4. The van der Waals surface area contributed by atoms with Crippen LogP contribution in [0.25, 0.3) is 0 Å². The van der Waals surface area contributed by atoms with Gasteiger partial charge in [0.1, 0.15) is 4.83 Å². The van der Waals surface area contributed by atoms with Gasteiger partial charge in [0.15, 0.2) is 0 Å². The maximum absolute atomic E-state index is 12.2. The van der Waals surface area contributed by atoms with Crippen LogP contribution in [0.2, 0.25) is 0 Å². The zero-order valence-electron chi connectivity index (χ0n) is 12.8. The molecule has 5 nitrogen and oxygen atoms in total. The molecular weight excluding hydrogens is 362 g/mol. The van der Waals surface area contributed by atoms with Gasteiger partial charge in [-0.15, -0.1) is 0 Å². The van der Waals surface area contributed by atoms with Crippen molar-refractivity contribution in [2.75, 3.05) is 6.54 Å². The van der Waals surface area contributed by atoms with Crippen LogP contribution in [-0.2, 0) is 4.79 Å². The first kappa shape index (κ1) is 17.7. The Hall–Kier alpha value is -1.69. The molecule has 0 saturated heterocycles. The molecule has 23 heavy (non-hydrogen) atoms. The van der Waals surface area contributed by atoms with Crippen LogP contribution in [0.3, 0.4) is 0 Å². The molecule has 1 unspecified atom stereocenters. The van der Waals surface area contributed by atoms with Gasteiger partial charge >= 0.3 is 5.97 Å². The first-order valence-electron chi connectivity index (χ1n) is 7.84. The molecule has 1 aliphatic rings. The monoisotopic (exact) mass is 381 g/mol. The lowest BCUT2D eigenvalue weighted by Crippen LogP contribution is -2.30. The number of aliphatic carboxylic acids is 1. The van der Waals surface area contributed by atoms with E-state index in [1.165, 1.54) is 4.90 Å². The largest absolute Gasteiger partial charge is 0.480 e. The molecule has 124 valence electrons.